The van der Waals surface area contributed by atoms with Crippen LogP contribution in [-0.4, -0.2) is 25.3 Å². The second-order valence-electron chi connectivity index (χ2n) is 2.80. The van der Waals surface area contributed by atoms with E-state index >= 15 is 0 Å². The van der Waals surface area contributed by atoms with Gasteiger partial charge in [0.1, 0.15) is 12.4 Å². The van der Waals surface area contributed by atoms with Crippen LogP contribution in [-0.2, 0) is 9.53 Å². The van der Waals surface area contributed by atoms with E-state index in [1.165, 1.54) is 12.3 Å². The highest BCUT2D eigenvalue weighted by Crippen LogP contribution is 2.02. The van der Waals surface area contributed by atoms with E-state index in [4.69, 9.17) is 0 Å². The first kappa shape index (κ1) is 11.4. The third-order valence-corrected chi connectivity index (χ3v) is 1.66. The highest BCUT2D eigenvalue weighted by atomic mass is 19.1. The molecule has 0 unspecified atom stereocenters. The normalized spacial score (nSPS) is 10.5. The average Bonchev–Trinajstić information content (AvgIpc) is 2.21. The van der Waals surface area contributed by atoms with Gasteiger partial charge in [-0.25, -0.2) is 4.39 Å². The number of carbonyl (C=O) groups excluding carboxylic acids is 1. The van der Waals surface area contributed by atoms with Crippen molar-refractivity contribution in [1.29, 1.82) is 0 Å². The van der Waals surface area contributed by atoms with Gasteiger partial charge in [0.2, 0.25) is 0 Å². The van der Waals surface area contributed by atoms with E-state index in [-0.39, 0.29) is 12.4 Å². The van der Waals surface area contributed by atoms with Gasteiger partial charge in [-0.3, -0.25) is 9.79 Å². The topological polar surface area (TPSA) is 38.7 Å². The van der Waals surface area contributed by atoms with Gasteiger partial charge >= 0.3 is 5.97 Å². The average molecular weight is 209 g/mol. The van der Waals surface area contributed by atoms with Crippen LogP contribution in [0, 0.1) is 5.82 Å². The highest BCUT2D eigenvalue weighted by molar-refractivity contribution is 5.82. The Balaban J connectivity index is 2.52. The highest BCUT2D eigenvalue weighted by Gasteiger charge is 1.99. The number of ether oxygens (including phenoxy) is 1. The molecule has 0 fully saturated rings. The lowest BCUT2D eigenvalue weighted by Crippen LogP contribution is -2.07. The van der Waals surface area contributed by atoms with Crippen LogP contribution in [0.1, 0.15) is 12.5 Å². The quantitative estimate of drug-likeness (QED) is 0.560. The Morgan fingerprint density at radius 1 is 1.53 bits per heavy atom. The maximum atomic E-state index is 13.1. The summed E-state index contributed by atoms with van der Waals surface area (Å²) < 4.78 is 17.7. The number of hydrogen-bond acceptors (Lipinski definition) is 3. The molecule has 80 valence electrons. The Morgan fingerprint density at radius 3 is 2.93 bits per heavy atom. The predicted octanol–water partition coefficient (Wildman–Crippen LogP) is 1.81. The lowest BCUT2D eigenvalue weighted by atomic mass is 10.2. The molecule has 4 heteroatoms. The summed E-state index contributed by atoms with van der Waals surface area (Å²) in [5, 5.41) is 0. The molecule has 0 spiro atoms. The zero-order valence-corrected chi connectivity index (χ0v) is 8.44. The Labute approximate surface area is 87.6 Å². The van der Waals surface area contributed by atoms with Gasteiger partial charge in [-0.15, -0.1) is 0 Å². The number of aliphatic imine (C=N–C) groups is 1. The summed E-state index contributed by atoms with van der Waals surface area (Å²) in [6.45, 7) is 1.97. The van der Waals surface area contributed by atoms with E-state index in [0.29, 0.717) is 12.2 Å². The maximum Gasteiger partial charge on any atom is 0.327 e. The molecular weight excluding hydrogens is 197 g/mol. The number of benzene rings is 1. The SMILES string of the molecule is CCOC(=O)CN=Cc1ccccc1F. The second kappa shape index (κ2) is 5.90. The van der Waals surface area contributed by atoms with Crippen molar-refractivity contribution >= 4 is 12.2 Å². The summed E-state index contributed by atoms with van der Waals surface area (Å²) in [4.78, 5) is 14.7. The smallest absolute Gasteiger partial charge is 0.327 e. The Bertz CT molecular complexity index is 363. The van der Waals surface area contributed by atoms with E-state index in [1.807, 2.05) is 0 Å². The van der Waals surface area contributed by atoms with Gasteiger partial charge in [0.25, 0.3) is 0 Å². The number of carbonyl (C=O) groups is 1. The molecule has 0 aliphatic carbocycles. The zero-order chi connectivity index (χ0) is 11.1. The van der Waals surface area contributed by atoms with E-state index in [1.54, 1.807) is 25.1 Å². The Hall–Kier alpha value is -1.71. The molecule has 0 N–H and O–H groups in total. The summed E-state index contributed by atoms with van der Waals surface area (Å²) in [6, 6.07) is 6.22. The van der Waals surface area contributed by atoms with Crippen LogP contribution in [0.5, 0.6) is 0 Å². The molecule has 0 bridgehead atoms. The first-order valence-electron chi connectivity index (χ1n) is 4.64. The van der Waals surface area contributed by atoms with Crippen molar-refractivity contribution in [1.82, 2.24) is 0 Å². The molecular formula is C11H12FNO2. The van der Waals surface area contributed by atoms with Gasteiger partial charge in [-0.05, 0) is 13.0 Å². The fourth-order valence-corrected chi connectivity index (χ4v) is 1.00. The molecule has 0 saturated heterocycles. The van der Waals surface area contributed by atoms with Crippen LogP contribution in [0.2, 0.25) is 0 Å². The zero-order valence-electron chi connectivity index (χ0n) is 8.44. The molecule has 3 nitrogen and oxygen atoms in total. The lowest BCUT2D eigenvalue weighted by molar-refractivity contribution is -0.141. The van der Waals surface area contributed by atoms with Crippen LogP contribution >= 0.6 is 0 Å². The van der Waals surface area contributed by atoms with Crippen molar-refractivity contribution < 1.29 is 13.9 Å². The Morgan fingerprint density at radius 2 is 2.27 bits per heavy atom. The Kier molecular flexibility index (Phi) is 4.47. The summed E-state index contributed by atoms with van der Waals surface area (Å²) in [7, 11) is 0. The summed E-state index contributed by atoms with van der Waals surface area (Å²) in [5.41, 5.74) is 0.363. The number of rotatable bonds is 4. The molecule has 1 rings (SSSR count). The molecule has 15 heavy (non-hydrogen) atoms. The number of hydrogen-bond donors (Lipinski definition) is 0. The number of esters is 1. The van der Waals surface area contributed by atoms with Crippen LogP contribution < -0.4 is 0 Å². The molecule has 0 amide bonds. The molecule has 0 atom stereocenters. The standard InChI is InChI=1S/C11H12FNO2/c1-2-15-11(14)8-13-7-9-5-3-4-6-10(9)12/h3-7H,2,8H2,1H3. The summed E-state index contributed by atoms with van der Waals surface area (Å²) in [5.74, 6) is -0.768. The third-order valence-electron chi connectivity index (χ3n) is 1.66. The van der Waals surface area contributed by atoms with Gasteiger partial charge in [0, 0.05) is 11.8 Å². The van der Waals surface area contributed by atoms with Gasteiger partial charge in [-0.1, -0.05) is 18.2 Å². The van der Waals surface area contributed by atoms with Crippen molar-refractivity contribution in [3.63, 3.8) is 0 Å². The van der Waals surface area contributed by atoms with Crippen LogP contribution in [0.4, 0.5) is 4.39 Å². The number of nitrogens with zero attached hydrogens (tertiary/aromatic N) is 1. The largest absolute Gasteiger partial charge is 0.465 e. The monoisotopic (exact) mass is 209 g/mol. The minimum atomic E-state index is -0.412. The summed E-state index contributed by atoms with van der Waals surface area (Å²) >= 11 is 0. The fraction of sp³-hybridized carbons (Fsp3) is 0.273. The van der Waals surface area contributed by atoms with Crippen molar-refractivity contribution in [2.24, 2.45) is 4.99 Å². The molecule has 0 saturated carbocycles. The van der Waals surface area contributed by atoms with Crippen LogP contribution in [0.25, 0.3) is 0 Å². The first-order chi connectivity index (χ1) is 7.24. The molecule has 1 aromatic carbocycles. The molecule has 0 aliphatic heterocycles. The molecule has 0 radical (unpaired) electrons. The van der Waals surface area contributed by atoms with Gasteiger partial charge in [0.05, 0.1) is 6.61 Å². The molecule has 0 aliphatic rings. The van der Waals surface area contributed by atoms with Crippen LogP contribution in [0.3, 0.4) is 0 Å². The second-order valence-corrected chi connectivity index (χ2v) is 2.80. The van der Waals surface area contributed by atoms with Gasteiger partial charge < -0.3 is 4.74 Å². The minimum absolute atomic E-state index is 0.0812. The van der Waals surface area contributed by atoms with Crippen molar-refractivity contribution in [3.8, 4) is 0 Å². The summed E-state index contributed by atoms with van der Waals surface area (Å²) in [6.07, 6.45) is 1.33. The number of halogens is 1. The molecule has 0 heterocycles. The molecule has 1 aromatic rings. The fourth-order valence-electron chi connectivity index (χ4n) is 1.00. The van der Waals surface area contributed by atoms with E-state index in [0.717, 1.165) is 0 Å². The van der Waals surface area contributed by atoms with Crippen molar-refractivity contribution in [3.05, 3.63) is 35.6 Å². The van der Waals surface area contributed by atoms with Crippen molar-refractivity contribution in [2.75, 3.05) is 13.2 Å². The van der Waals surface area contributed by atoms with E-state index < -0.39 is 5.97 Å². The minimum Gasteiger partial charge on any atom is -0.465 e. The van der Waals surface area contributed by atoms with E-state index in [9.17, 15) is 9.18 Å². The first-order valence-corrected chi connectivity index (χ1v) is 4.64. The predicted molar refractivity (Wildman–Crippen MR) is 55.5 cm³/mol. The van der Waals surface area contributed by atoms with Gasteiger partial charge in [-0.2, -0.15) is 0 Å². The van der Waals surface area contributed by atoms with Crippen LogP contribution in [0.15, 0.2) is 29.3 Å². The van der Waals surface area contributed by atoms with Gasteiger partial charge in [0.15, 0.2) is 0 Å². The lowest BCUT2D eigenvalue weighted by Gasteiger charge is -1.97. The van der Waals surface area contributed by atoms with Crippen molar-refractivity contribution in [2.45, 2.75) is 6.92 Å². The molecule has 0 aromatic heterocycles. The third kappa shape index (κ3) is 3.89. The van der Waals surface area contributed by atoms with E-state index in [2.05, 4.69) is 9.73 Å². The maximum absolute atomic E-state index is 13.1.